The molecule has 0 saturated heterocycles. The van der Waals surface area contributed by atoms with Crippen molar-refractivity contribution in [2.45, 2.75) is 38.8 Å². The van der Waals surface area contributed by atoms with E-state index in [0.29, 0.717) is 0 Å². The van der Waals surface area contributed by atoms with E-state index in [1.807, 2.05) is 0 Å². The first kappa shape index (κ1) is 20.4. The highest BCUT2D eigenvalue weighted by atomic mass is 19.3. The number of alkyl halides is 2. The molecule has 0 bridgehead atoms. The third-order valence-corrected chi connectivity index (χ3v) is 3.54. The molecule has 2 rings (SSSR count). The quantitative estimate of drug-likeness (QED) is 0.798. The van der Waals surface area contributed by atoms with Crippen molar-refractivity contribution in [3.05, 3.63) is 29.8 Å². The number of carbonyl (C=O) groups excluding carboxylic acids is 2. The van der Waals surface area contributed by atoms with Crippen molar-refractivity contribution in [2.75, 3.05) is 19.5 Å². The van der Waals surface area contributed by atoms with Gasteiger partial charge in [0, 0.05) is 5.56 Å². The molecule has 148 valence electrons. The largest absolute Gasteiger partial charge is 0.497 e. The zero-order valence-corrected chi connectivity index (χ0v) is 15.4. The van der Waals surface area contributed by atoms with Crippen molar-refractivity contribution in [1.29, 1.82) is 0 Å². The summed E-state index contributed by atoms with van der Waals surface area (Å²) < 4.78 is 42.1. The second-order valence-corrected chi connectivity index (χ2v) is 6.74. The molecule has 0 fully saturated rings. The molecule has 10 heteroatoms. The number of nitrogen functional groups attached to an aromatic ring is 1. The molecule has 27 heavy (non-hydrogen) atoms. The lowest BCUT2D eigenvalue weighted by Crippen LogP contribution is -2.49. The number of amides is 1. The standard InChI is InChI=1S/C17H21F2N3O5/c1-17(2,3)27-16(24)22-12(7-26-8-13(22)14(18)19)9-5-11(15(23)25-4)21-6-10(9)20/h5-7,13-14H,8,20H2,1-4H3/t13-/m0/s1. The number of halogens is 2. The molecule has 0 radical (unpaired) electrons. The minimum atomic E-state index is -2.90. The maximum atomic E-state index is 13.5. The number of aromatic nitrogens is 1. The molecular formula is C17H21F2N3O5. The van der Waals surface area contributed by atoms with Gasteiger partial charge < -0.3 is 19.9 Å². The lowest BCUT2D eigenvalue weighted by atomic mass is 10.1. The van der Waals surface area contributed by atoms with E-state index in [0.717, 1.165) is 11.2 Å². The zero-order valence-electron chi connectivity index (χ0n) is 15.4. The van der Waals surface area contributed by atoms with Gasteiger partial charge in [-0.05, 0) is 26.8 Å². The van der Waals surface area contributed by atoms with E-state index in [-0.39, 0.29) is 22.6 Å². The van der Waals surface area contributed by atoms with Gasteiger partial charge in [-0.2, -0.15) is 0 Å². The molecule has 2 N–H and O–H groups in total. The van der Waals surface area contributed by atoms with Gasteiger partial charge in [0.15, 0.2) is 0 Å². The van der Waals surface area contributed by atoms with Crippen LogP contribution in [-0.2, 0) is 14.2 Å². The first-order valence-corrected chi connectivity index (χ1v) is 8.01. The van der Waals surface area contributed by atoms with Crippen LogP contribution in [0.5, 0.6) is 0 Å². The molecule has 0 unspecified atom stereocenters. The second kappa shape index (κ2) is 7.77. The van der Waals surface area contributed by atoms with Crippen LogP contribution >= 0.6 is 0 Å². The van der Waals surface area contributed by atoms with Crippen molar-refractivity contribution < 1.29 is 32.6 Å². The van der Waals surface area contributed by atoms with Crippen LogP contribution in [0.3, 0.4) is 0 Å². The summed E-state index contributed by atoms with van der Waals surface area (Å²) in [6.45, 7) is 4.42. The van der Waals surface area contributed by atoms with Crippen molar-refractivity contribution in [3.63, 3.8) is 0 Å². The van der Waals surface area contributed by atoms with Gasteiger partial charge in [-0.1, -0.05) is 0 Å². The summed E-state index contributed by atoms with van der Waals surface area (Å²) in [6, 6.07) is -0.351. The number of rotatable bonds is 3. The molecule has 2 heterocycles. The minimum absolute atomic E-state index is 0.0565. The summed E-state index contributed by atoms with van der Waals surface area (Å²) in [4.78, 5) is 29.0. The number of anilines is 1. The van der Waals surface area contributed by atoms with Crippen LogP contribution in [0.2, 0.25) is 0 Å². The van der Waals surface area contributed by atoms with E-state index in [2.05, 4.69) is 9.72 Å². The predicted octanol–water partition coefficient (Wildman–Crippen LogP) is 2.65. The van der Waals surface area contributed by atoms with Gasteiger partial charge in [0.05, 0.1) is 24.7 Å². The number of nitrogens with zero attached hydrogens (tertiary/aromatic N) is 2. The molecule has 1 amide bonds. The van der Waals surface area contributed by atoms with E-state index in [4.69, 9.17) is 15.2 Å². The van der Waals surface area contributed by atoms with E-state index in [9.17, 15) is 18.4 Å². The first-order chi connectivity index (χ1) is 12.5. The Morgan fingerprint density at radius 3 is 2.63 bits per heavy atom. The number of esters is 1. The molecule has 0 aromatic carbocycles. The van der Waals surface area contributed by atoms with Crippen LogP contribution in [0, 0.1) is 0 Å². The molecule has 0 saturated carbocycles. The molecule has 1 atom stereocenters. The van der Waals surface area contributed by atoms with Crippen LogP contribution in [0.1, 0.15) is 36.8 Å². The summed E-state index contributed by atoms with van der Waals surface area (Å²) in [5.41, 5.74) is 4.99. The Bertz CT molecular complexity index is 761. The van der Waals surface area contributed by atoms with Crippen molar-refractivity contribution >= 4 is 23.4 Å². The van der Waals surface area contributed by atoms with Crippen molar-refractivity contribution in [2.24, 2.45) is 0 Å². The van der Waals surface area contributed by atoms with Gasteiger partial charge >= 0.3 is 12.1 Å². The normalized spacial score (nSPS) is 17.2. The minimum Gasteiger partial charge on any atom is -0.497 e. The van der Waals surface area contributed by atoms with Gasteiger partial charge in [0.1, 0.15) is 30.2 Å². The Balaban J connectivity index is 2.53. The molecule has 1 aliphatic heterocycles. The summed E-state index contributed by atoms with van der Waals surface area (Å²) in [5, 5.41) is 0. The molecule has 8 nitrogen and oxygen atoms in total. The Hall–Kier alpha value is -2.91. The molecule has 0 spiro atoms. The number of nitrogens with two attached hydrogens (primary N) is 1. The fourth-order valence-corrected chi connectivity index (χ4v) is 2.36. The number of hydrogen-bond donors (Lipinski definition) is 1. The SMILES string of the molecule is COC(=O)c1cc(C2=COC[C@@H](C(F)F)N2C(=O)OC(C)(C)C)c(N)cn1. The maximum absolute atomic E-state index is 13.5. The summed E-state index contributed by atoms with van der Waals surface area (Å²) >= 11 is 0. The second-order valence-electron chi connectivity index (χ2n) is 6.74. The van der Waals surface area contributed by atoms with E-state index >= 15 is 0 Å². The van der Waals surface area contributed by atoms with E-state index in [1.54, 1.807) is 20.8 Å². The van der Waals surface area contributed by atoms with Gasteiger partial charge in [-0.25, -0.2) is 23.4 Å². The maximum Gasteiger partial charge on any atom is 0.415 e. The van der Waals surface area contributed by atoms with Crippen molar-refractivity contribution in [1.82, 2.24) is 9.88 Å². The highest BCUT2D eigenvalue weighted by Gasteiger charge is 2.40. The fourth-order valence-electron chi connectivity index (χ4n) is 2.36. The number of ether oxygens (including phenoxy) is 3. The number of carbonyl (C=O) groups is 2. The highest BCUT2D eigenvalue weighted by molar-refractivity contribution is 5.91. The average Bonchev–Trinajstić information content (AvgIpc) is 2.59. The molecular weight excluding hydrogens is 364 g/mol. The summed E-state index contributed by atoms with van der Waals surface area (Å²) in [7, 11) is 1.17. The van der Waals surface area contributed by atoms with Crippen LogP contribution in [0.4, 0.5) is 19.3 Å². The summed E-state index contributed by atoms with van der Waals surface area (Å²) in [6.07, 6.45) is -1.60. The topological polar surface area (TPSA) is 104 Å². The van der Waals surface area contributed by atoms with Gasteiger partial charge in [0.25, 0.3) is 6.43 Å². The molecule has 1 aromatic heterocycles. The van der Waals surface area contributed by atoms with Crippen LogP contribution < -0.4 is 5.73 Å². The molecule has 0 aliphatic carbocycles. The summed E-state index contributed by atoms with van der Waals surface area (Å²) in [5.74, 6) is -0.747. The van der Waals surface area contributed by atoms with Crippen molar-refractivity contribution in [3.8, 4) is 0 Å². The monoisotopic (exact) mass is 385 g/mol. The third-order valence-electron chi connectivity index (χ3n) is 3.54. The number of hydrogen-bond acceptors (Lipinski definition) is 7. The van der Waals surface area contributed by atoms with Crippen LogP contribution in [-0.4, -0.2) is 53.7 Å². The van der Waals surface area contributed by atoms with Gasteiger partial charge in [-0.15, -0.1) is 0 Å². The first-order valence-electron chi connectivity index (χ1n) is 8.01. The Labute approximate surface area is 154 Å². The number of pyridine rings is 1. The lowest BCUT2D eigenvalue weighted by molar-refractivity contribution is -0.0206. The molecule has 1 aliphatic rings. The van der Waals surface area contributed by atoms with Gasteiger partial charge in [-0.3, -0.25) is 4.90 Å². The van der Waals surface area contributed by atoms with Gasteiger partial charge in [0.2, 0.25) is 0 Å². The van der Waals surface area contributed by atoms with Crippen LogP contribution in [0.25, 0.3) is 5.70 Å². The lowest BCUT2D eigenvalue weighted by Gasteiger charge is -2.37. The van der Waals surface area contributed by atoms with E-state index < -0.39 is 36.7 Å². The fraction of sp³-hybridized carbons (Fsp3) is 0.471. The number of methoxy groups -OCH3 is 1. The van der Waals surface area contributed by atoms with E-state index in [1.165, 1.54) is 19.4 Å². The Morgan fingerprint density at radius 1 is 1.41 bits per heavy atom. The predicted molar refractivity (Wildman–Crippen MR) is 91.8 cm³/mol. The average molecular weight is 385 g/mol. The zero-order chi connectivity index (χ0) is 20.4. The van der Waals surface area contributed by atoms with Crippen LogP contribution in [0.15, 0.2) is 18.5 Å². The smallest absolute Gasteiger partial charge is 0.415 e. The molecule has 1 aromatic rings. The Morgan fingerprint density at radius 2 is 2.07 bits per heavy atom. The Kier molecular flexibility index (Phi) is 5.87. The highest BCUT2D eigenvalue weighted by Crippen LogP contribution is 2.33. The third kappa shape index (κ3) is 4.63.